The van der Waals surface area contributed by atoms with Crippen LogP contribution in [0.5, 0.6) is 0 Å². The summed E-state index contributed by atoms with van der Waals surface area (Å²) in [5.74, 6) is -0.218. The summed E-state index contributed by atoms with van der Waals surface area (Å²) >= 11 is 0. The Kier molecular flexibility index (Phi) is 3.67. The van der Waals surface area contributed by atoms with Gasteiger partial charge in [-0.2, -0.15) is 0 Å². The van der Waals surface area contributed by atoms with Gasteiger partial charge in [0.2, 0.25) is 5.91 Å². The van der Waals surface area contributed by atoms with Gasteiger partial charge in [0, 0.05) is 5.69 Å². The van der Waals surface area contributed by atoms with E-state index < -0.39 is 5.54 Å². The number of anilines is 1. The van der Waals surface area contributed by atoms with Crippen LogP contribution in [0.2, 0.25) is 0 Å². The van der Waals surface area contributed by atoms with Gasteiger partial charge < -0.3 is 11.1 Å². The van der Waals surface area contributed by atoms with Crippen molar-refractivity contribution in [1.82, 2.24) is 0 Å². The summed E-state index contributed by atoms with van der Waals surface area (Å²) < 4.78 is 0. The van der Waals surface area contributed by atoms with Crippen molar-refractivity contribution in [3.63, 3.8) is 0 Å². The number of hydrogen-bond donors (Lipinski definition) is 2. The van der Waals surface area contributed by atoms with E-state index in [4.69, 9.17) is 5.73 Å². The number of nitrogens with two attached hydrogens (primary N) is 1. The van der Waals surface area contributed by atoms with E-state index in [9.17, 15) is 4.79 Å². The van der Waals surface area contributed by atoms with Gasteiger partial charge in [-0.25, -0.2) is 0 Å². The average molecular weight is 254 g/mol. The molecule has 2 rings (SSSR count). The monoisotopic (exact) mass is 254 g/mol. The fourth-order valence-electron chi connectivity index (χ4n) is 1.90. The molecule has 98 valence electrons. The van der Waals surface area contributed by atoms with Crippen molar-refractivity contribution in [3.05, 3.63) is 65.7 Å². The van der Waals surface area contributed by atoms with E-state index in [0.717, 1.165) is 16.8 Å². The van der Waals surface area contributed by atoms with Crippen LogP contribution in [0, 0.1) is 6.92 Å². The normalized spacial score (nSPS) is 13.6. The predicted octanol–water partition coefficient (Wildman–Crippen LogP) is 2.81. The summed E-state index contributed by atoms with van der Waals surface area (Å²) in [6.45, 7) is 3.70. The average Bonchev–Trinajstić information content (AvgIpc) is 2.39. The Morgan fingerprint density at radius 3 is 2.42 bits per heavy atom. The Balaban J connectivity index is 2.20. The lowest BCUT2D eigenvalue weighted by Crippen LogP contribution is -2.45. The molecule has 0 radical (unpaired) electrons. The van der Waals surface area contributed by atoms with Crippen LogP contribution in [-0.4, -0.2) is 5.91 Å². The summed E-state index contributed by atoms with van der Waals surface area (Å²) in [4.78, 5) is 12.3. The Labute approximate surface area is 113 Å². The Morgan fingerprint density at radius 1 is 1.11 bits per heavy atom. The second-order valence-corrected chi connectivity index (χ2v) is 4.89. The molecule has 0 saturated carbocycles. The third kappa shape index (κ3) is 3.01. The van der Waals surface area contributed by atoms with Gasteiger partial charge >= 0.3 is 0 Å². The molecule has 0 spiro atoms. The summed E-state index contributed by atoms with van der Waals surface area (Å²) in [5.41, 5.74) is 7.75. The van der Waals surface area contributed by atoms with E-state index in [1.54, 1.807) is 6.92 Å². The first kappa shape index (κ1) is 13.3. The highest BCUT2D eigenvalue weighted by Crippen LogP contribution is 2.20. The summed E-state index contributed by atoms with van der Waals surface area (Å²) in [6.07, 6.45) is 0. The molecule has 0 aliphatic carbocycles. The van der Waals surface area contributed by atoms with Gasteiger partial charge in [-0.15, -0.1) is 0 Å². The minimum atomic E-state index is -1.05. The van der Waals surface area contributed by atoms with Crippen molar-refractivity contribution in [2.75, 3.05) is 5.32 Å². The molecule has 1 amide bonds. The zero-order valence-electron chi connectivity index (χ0n) is 11.2. The van der Waals surface area contributed by atoms with Gasteiger partial charge in [0.15, 0.2) is 0 Å². The number of carbonyl (C=O) groups is 1. The zero-order valence-corrected chi connectivity index (χ0v) is 11.2. The topological polar surface area (TPSA) is 55.1 Å². The highest BCUT2D eigenvalue weighted by atomic mass is 16.2. The molecule has 1 unspecified atom stereocenters. The standard InChI is InChI=1S/C16H18N2O/c1-12-7-6-10-14(11-12)18-15(19)16(2,17)13-8-4-3-5-9-13/h3-11H,17H2,1-2H3,(H,18,19). The third-order valence-electron chi connectivity index (χ3n) is 3.12. The predicted molar refractivity (Wildman–Crippen MR) is 77.8 cm³/mol. The first-order valence-corrected chi connectivity index (χ1v) is 6.22. The van der Waals surface area contributed by atoms with E-state index in [2.05, 4.69) is 5.32 Å². The molecule has 0 fully saturated rings. The molecule has 1 atom stereocenters. The maximum absolute atomic E-state index is 12.3. The van der Waals surface area contributed by atoms with Crippen molar-refractivity contribution >= 4 is 11.6 Å². The molecule has 3 N–H and O–H groups in total. The van der Waals surface area contributed by atoms with Crippen molar-refractivity contribution in [1.29, 1.82) is 0 Å². The summed E-state index contributed by atoms with van der Waals surface area (Å²) in [7, 11) is 0. The number of amides is 1. The molecular formula is C16H18N2O. The number of hydrogen-bond acceptors (Lipinski definition) is 2. The zero-order chi connectivity index (χ0) is 13.9. The van der Waals surface area contributed by atoms with Crippen molar-refractivity contribution in [3.8, 4) is 0 Å². The van der Waals surface area contributed by atoms with Gasteiger partial charge in [-0.1, -0.05) is 42.5 Å². The fourth-order valence-corrected chi connectivity index (χ4v) is 1.90. The molecule has 3 heteroatoms. The quantitative estimate of drug-likeness (QED) is 0.885. The lowest BCUT2D eigenvalue weighted by Gasteiger charge is -2.24. The maximum Gasteiger partial charge on any atom is 0.248 e. The number of aryl methyl sites for hydroxylation is 1. The molecule has 0 heterocycles. The van der Waals surface area contributed by atoms with E-state index in [-0.39, 0.29) is 5.91 Å². The number of rotatable bonds is 3. The molecule has 19 heavy (non-hydrogen) atoms. The van der Waals surface area contributed by atoms with Crippen LogP contribution in [0.15, 0.2) is 54.6 Å². The van der Waals surface area contributed by atoms with Crippen LogP contribution in [0.3, 0.4) is 0 Å². The fraction of sp³-hybridized carbons (Fsp3) is 0.188. The molecule has 0 saturated heterocycles. The SMILES string of the molecule is Cc1cccc(NC(=O)C(C)(N)c2ccccc2)c1. The van der Waals surface area contributed by atoms with Crippen LogP contribution in [-0.2, 0) is 10.3 Å². The van der Waals surface area contributed by atoms with Gasteiger partial charge in [-0.3, -0.25) is 4.79 Å². The lowest BCUT2D eigenvalue weighted by atomic mass is 9.92. The second kappa shape index (κ2) is 5.24. The van der Waals surface area contributed by atoms with Crippen LogP contribution in [0.4, 0.5) is 5.69 Å². The molecule has 0 bridgehead atoms. The minimum Gasteiger partial charge on any atom is -0.324 e. The molecule has 2 aromatic rings. The van der Waals surface area contributed by atoms with E-state index >= 15 is 0 Å². The molecule has 0 aliphatic rings. The van der Waals surface area contributed by atoms with Crippen LogP contribution < -0.4 is 11.1 Å². The summed E-state index contributed by atoms with van der Waals surface area (Å²) in [6, 6.07) is 17.0. The van der Waals surface area contributed by atoms with E-state index in [0.29, 0.717) is 0 Å². The van der Waals surface area contributed by atoms with Crippen molar-refractivity contribution in [2.45, 2.75) is 19.4 Å². The van der Waals surface area contributed by atoms with Crippen molar-refractivity contribution in [2.24, 2.45) is 5.73 Å². The van der Waals surface area contributed by atoms with Gasteiger partial charge in [0.05, 0.1) is 0 Å². The highest BCUT2D eigenvalue weighted by Gasteiger charge is 2.30. The summed E-state index contributed by atoms with van der Waals surface area (Å²) in [5, 5.41) is 2.86. The van der Waals surface area contributed by atoms with Gasteiger partial charge in [0.1, 0.15) is 5.54 Å². The van der Waals surface area contributed by atoms with Crippen LogP contribution >= 0.6 is 0 Å². The van der Waals surface area contributed by atoms with Gasteiger partial charge in [0.25, 0.3) is 0 Å². The van der Waals surface area contributed by atoms with Crippen LogP contribution in [0.1, 0.15) is 18.1 Å². The maximum atomic E-state index is 12.3. The Morgan fingerprint density at radius 2 is 1.79 bits per heavy atom. The second-order valence-electron chi connectivity index (χ2n) is 4.89. The van der Waals surface area contributed by atoms with Gasteiger partial charge in [-0.05, 0) is 37.1 Å². The van der Waals surface area contributed by atoms with Crippen LogP contribution in [0.25, 0.3) is 0 Å². The number of carbonyl (C=O) groups excluding carboxylic acids is 1. The first-order valence-electron chi connectivity index (χ1n) is 6.22. The van der Waals surface area contributed by atoms with Crippen molar-refractivity contribution < 1.29 is 4.79 Å². The largest absolute Gasteiger partial charge is 0.324 e. The molecule has 0 aliphatic heterocycles. The minimum absolute atomic E-state index is 0.218. The smallest absolute Gasteiger partial charge is 0.248 e. The number of benzene rings is 2. The molecule has 3 nitrogen and oxygen atoms in total. The molecule has 0 aromatic heterocycles. The molecule has 2 aromatic carbocycles. The highest BCUT2D eigenvalue weighted by molar-refractivity contribution is 5.98. The number of nitrogens with one attached hydrogen (secondary N) is 1. The molecular weight excluding hydrogens is 236 g/mol. The van der Waals surface area contributed by atoms with E-state index in [1.165, 1.54) is 0 Å². The lowest BCUT2D eigenvalue weighted by molar-refractivity contribution is -0.120. The Hall–Kier alpha value is -2.13. The Bertz CT molecular complexity index is 576. The first-order chi connectivity index (χ1) is 9.00. The third-order valence-corrected chi connectivity index (χ3v) is 3.12. The van der Waals surface area contributed by atoms with E-state index in [1.807, 2.05) is 61.5 Å².